The van der Waals surface area contributed by atoms with Crippen molar-refractivity contribution in [2.24, 2.45) is 0 Å². The summed E-state index contributed by atoms with van der Waals surface area (Å²) in [7, 11) is 0. The van der Waals surface area contributed by atoms with Crippen LogP contribution in [0.2, 0.25) is 0 Å². The van der Waals surface area contributed by atoms with E-state index < -0.39 is 0 Å². The Morgan fingerprint density at radius 2 is 2.46 bits per heavy atom. The number of thiazole rings is 1. The van der Waals surface area contributed by atoms with Crippen LogP contribution in [0.25, 0.3) is 0 Å². The van der Waals surface area contributed by atoms with Crippen molar-refractivity contribution in [3.8, 4) is 0 Å². The Bertz CT molecular complexity index is 390. The van der Waals surface area contributed by atoms with Crippen molar-refractivity contribution in [2.75, 3.05) is 5.73 Å². The third kappa shape index (κ3) is 1.70. The van der Waals surface area contributed by atoms with Gasteiger partial charge >= 0.3 is 0 Å². The van der Waals surface area contributed by atoms with Crippen LogP contribution < -0.4 is 5.73 Å². The summed E-state index contributed by atoms with van der Waals surface area (Å²) in [5.74, 6) is 0.547. The summed E-state index contributed by atoms with van der Waals surface area (Å²) in [6, 6.07) is 0. The van der Waals surface area contributed by atoms with Crippen LogP contribution in [0.5, 0.6) is 0 Å². The molecule has 0 aliphatic carbocycles. The van der Waals surface area contributed by atoms with E-state index in [0.717, 1.165) is 11.4 Å². The average molecular weight is 194 g/mol. The van der Waals surface area contributed by atoms with Crippen LogP contribution in [0, 0.1) is 6.92 Å². The van der Waals surface area contributed by atoms with Gasteiger partial charge in [0.1, 0.15) is 0 Å². The summed E-state index contributed by atoms with van der Waals surface area (Å²) in [4.78, 5) is 8.28. The van der Waals surface area contributed by atoms with Gasteiger partial charge in [0.05, 0.1) is 23.4 Å². The van der Waals surface area contributed by atoms with Gasteiger partial charge in [-0.3, -0.25) is 0 Å². The van der Waals surface area contributed by atoms with Crippen molar-refractivity contribution in [3.05, 3.63) is 28.5 Å². The summed E-state index contributed by atoms with van der Waals surface area (Å²) in [6.07, 6.45) is 1.93. The molecule has 2 aromatic heterocycles. The molecule has 2 heterocycles. The van der Waals surface area contributed by atoms with E-state index in [4.69, 9.17) is 5.73 Å². The molecule has 0 spiro atoms. The summed E-state index contributed by atoms with van der Waals surface area (Å²) in [6.45, 7) is 2.63. The third-order valence-corrected chi connectivity index (χ3v) is 2.38. The van der Waals surface area contributed by atoms with Crippen molar-refractivity contribution in [1.82, 2.24) is 14.5 Å². The number of nitrogens with two attached hydrogens (primary N) is 1. The molecule has 68 valence electrons. The SMILES string of the molecule is Cc1cn(Cc2cscn2)c(N)n1. The fourth-order valence-corrected chi connectivity index (χ4v) is 1.73. The van der Waals surface area contributed by atoms with E-state index in [1.54, 1.807) is 11.3 Å². The first-order chi connectivity index (χ1) is 6.25. The van der Waals surface area contributed by atoms with Crippen LogP contribution in [0.4, 0.5) is 5.95 Å². The number of nitrogens with zero attached hydrogens (tertiary/aromatic N) is 3. The lowest BCUT2D eigenvalue weighted by Gasteiger charge is -1.99. The normalized spacial score (nSPS) is 10.5. The predicted octanol–water partition coefficient (Wildman–Crippen LogP) is 1.28. The van der Waals surface area contributed by atoms with Crippen molar-refractivity contribution in [1.29, 1.82) is 0 Å². The van der Waals surface area contributed by atoms with Crippen LogP contribution in [-0.2, 0) is 6.54 Å². The Morgan fingerprint density at radius 3 is 3.00 bits per heavy atom. The minimum absolute atomic E-state index is 0.547. The van der Waals surface area contributed by atoms with Gasteiger partial charge in [-0.15, -0.1) is 11.3 Å². The number of rotatable bonds is 2. The number of anilines is 1. The number of nitrogen functional groups attached to an aromatic ring is 1. The highest BCUT2D eigenvalue weighted by molar-refractivity contribution is 7.07. The molecule has 2 aromatic rings. The summed E-state index contributed by atoms with van der Waals surface area (Å²) < 4.78 is 1.89. The first kappa shape index (κ1) is 8.25. The summed E-state index contributed by atoms with van der Waals surface area (Å²) >= 11 is 1.59. The first-order valence-corrected chi connectivity index (χ1v) is 4.86. The van der Waals surface area contributed by atoms with Crippen molar-refractivity contribution < 1.29 is 0 Å². The Hall–Kier alpha value is -1.36. The number of hydrogen-bond acceptors (Lipinski definition) is 4. The van der Waals surface area contributed by atoms with Crippen molar-refractivity contribution in [2.45, 2.75) is 13.5 Å². The highest BCUT2D eigenvalue weighted by Gasteiger charge is 2.02. The maximum Gasteiger partial charge on any atom is 0.200 e. The van der Waals surface area contributed by atoms with Crippen molar-refractivity contribution >= 4 is 17.3 Å². The monoisotopic (exact) mass is 194 g/mol. The van der Waals surface area contributed by atoms with Gasteiger partial charge in [-0.25, -0.2) is 9.97 Å². The van der Waals surface area contributed by atoms with Crippen LogP contribution in [0.3, 0.4) is 0 Å². The van der Waals surface area contributed by atoms with Gasteiger partial charge in [-0.2, -0.15) is 0 Å². The number of imidazole rings is 1. The smallest absolute Gasteiger partial charge is 0.200 e. The number of hydrogen-bond donors (Lipinski definition) is 1. The highest BCUT2D eigenvalue weighted by atomic mass is 32.1. The molecule has 2 rings (SSSR count). The first-order valence-electron chi connectivity index (χ1n) is 3.92. The van der Waals surface area contributed by atoms with Gasteiger partial charge in [-0.1, -0.05) is 0 Å². The maximum atomic E-state index is 5.69. The molecule has 0 saturated carbocycles. The zero-order valence-electron chi connectivity index (χ0n) is 7.27. The highest BCUT2D eigenvalue weighted by Crippen LogP contribution is 2.08. The van der Waals surface area contributed by atoms with E-state index in [1.807, 2.05) is 28.6 Å². The van der Waals surface area contributed by atoms with Gasteiger partial charge in [0.2, 0.25) is 5.95 Å². The quantitative estimate of drug-likeness (QED) is 0.783. The second-order valence-corrected chi connectivity index (χ2v) is 3.57. The van der Waals surface area contributed by atoms with Crippen LogP contribution in [-0.4, -0.2) is 14.5 Å². The molecule has 0 unspecified atom stereocenters. The Labute approximate surface area is 80.1 Å². The second kappa shape index (κ2) is 3.18. The molecular formula is C8H10N4S. The zero-order chi connectivity index (χ0) is 9.26. The third-order valence-electron chi connectivity index (χ3n) is 1.74. The largest absolute Gasteiger partial charge is 0.369 e. The molecule has 0 fully saturated rings. The Balaban J connectivity index is 2.23. The molecule has 0 aliphatic rings. The van der Waals surface area contributed by atoms with E-state index in [2.05, 4.69) is 9.97 Å². The van der Waals surface area contributed by atoms with Crippen LogP contribution in [0.1, 0.15) is 11.4 Å². The summed E-state index contributed by atoms with van der Waals surface area (Å²) in [5, 5.41) is 2.01. The van der Waals surface area contributed by atoms with Gasteiger partial charge < -0.3 is 10.3 Å². The topological polar surface area (TPSA) is 56.7 Å². The molecule has 0 atom stereocenters. The maximum absolute atomic E-state index is 5.69. The molecule has 5 heteroatoms. The van der Waals surface area contributed by atoms with E-state index in [1.165, 1.54) is 0 Å². The van der Waals surface area contributed by atoms with Crippen molar-refractivity contribution in [3.63, 3.8) is 0 Å². The molecule has 0 aliphatic heterocycles. The minimum atomic E-state index is 0.547. The van der Waals surface area contributed by atoms with Gasteiger partial charge in [0, 0.05) is 11.6 Å². The van der Waals surface area contributed by atoms with E-state index in [-0.39, 0.29) is 0 Å². The molecular weight excluding hydrogens is 184 g/mol. The molecule has 0 bridgehead atoms. The van der Waals surface area contributed by atoms with Crippen LogP contribution in [0.15, 0.2) is 17.1 Å². The van der Waals surface area contributed by atoms with E-state index in [9.17, 15) is 0 Å². The molecule has 0 radical (unpaired) electrons. The van der Waals surface area contributed by atoms with Gasteiger partial charge in [0.15, 0.2) is 0 Å². The molecule has 0 amide bonds. The Kier molecular flexibility index (Phi) is 2.02. The fourth-order valence-electron chi connectivity index (χ4n) is 1.18. The lowest BCUT2D eigenvalue weighted by atomic mass is 10.5. The second-order valence-electron chi connectivity index (χ2n) is 2.85. The zero-order valence-corrected chi connectivity index (χ0v) is 8.08. The van der Waals surface area contributed by atoms with Crippen LogP contribution >= 0.6 is 11.3 Å². The van der Waals surface area contributed by atoms with E-state index >= 15 is 0 Å². The van der Waals surface area contributed by atoms with Gasteiger partial charge in [-0.05, 0) is 6.92 Å². The lowest BCUT2D eigenvalue weighted by molar-refractivity contribution is 0.790. The van der Waals surface area contributed by atoms with Gasteiger partial charge in [0.25, 0.3) is 0 Å². The average Bonchev–Trinajstić information content (AvgIpc) is 2.63. The fraction of sp³-hybridized carbons (Fsp3) is 0.250. The molecule has 13 heavy (non-hydrogen) atoms. The lowest BCUT2D eigenvalue weighted by Crippen LogP contribution is -2.03. The molecule has 2 N–H and O–H groups in total. The van der Waals surface area contributed by atoms with E-state index in [0.29, 0.717) is 12.5 Å². The molecule has 0 aromatic carbocycles. The Morgan fingerprint density at radius 1 is 1.62 bits per heavy atom. The molecule has 0 saturated heterocycles. The standard InChI is InChI=1S/C8H10N4S/c1-6-2-12(8(9)11-6)3-7-4-13-5-10-7/h2,4-5H,3H2,1H3,(H2,9,11). The number of aromatic nitrogens is 3. The summed E-state index contributed by atoms with van der Waals surface area (Å²) in [5.41, 5.74) is 9.46. The number of aryl methyl sites for hydroxylation is 1. The molecule has 4 nitrogen and oxygen atoms in total. The minimum Gasteiger partial charge on any atom is -0.369 e. The predicted molar refractivity (Wildman–Crippen MR) is 52.6 cm³/mol.